The predicted octanol–water partition coefficient (Wildman–Crippen LogP) is 0.808. The monoisotopic (exact) mass is 152 g/mol. The molecular formula is C8H12N2O. The molecule has 60 valence electrons. The predicted molar refractivity (Wildman–Crippen MR) is 43.4 cm³/mol. The number of nitrogens with zero attached hydrogens (tertiary/aromatic N) is 1. The molecule has 1 unspecified atom stereocenters. The molecule has 3 nitrogen and oxygen atoms in total. The lowest BCUT2D eigenvalue weighted by molar-refractivity contribution is 0.220. The minimum absolute atomic E-state index is 0.0323. The fourth-order valence-corrected chi connectivity index (χ4v) is 0.671. The molecule has 0 amide bonds. The van der Waals surface area contributed by atoms with Crippen molar-refractivity contribution >= 4 is 0 Å². The van der Waals surface area contributed by atoms with Gasteiger partial charge in [-0.2, -0.15) is 0 Å². The first-order valence-electron chi connectivity index (χ1n) is 3.60. The number of pyridine rings is 1. The molecule has 3 heteroatoms. The lowest BCUT2D eigenvalue weighted by atomic mass is 10.4. The van der Waals surface area contributed by atoms with E-state index >= 15 is 0 Å². The highest BCUT2D eigenvalue weighted by atomic mass is 16.5. The van der Waals surface area contributed by atoms with Gasteiger partial charge in [-0.05, 0) is 13.0 Å². The van der Waals surface area contributed by atoms with Crippen molar-refractivity contribution in [2.24, 2.45) is 5.73 Å². The Balaban J connectivity index is 2.51. The van der Waals surface area contributed by atoms with Crippen LogP contribution in [0.2, 0.25) is 0 Å². The first-order chi connectivity index (χ1) is 5.33. The summed E-state index contributed by atoms with van der Waals surface area (Å²) in [5, 5.41) is 0. The molecule has 1 aromatic heterocycles. The molecule has 0 aliphatic rings. The third kappa shape index (κ3) is 2.55. The van der Waals surface area contributed by atoms with Gasteiger partial charge >= 0.3 is 0 Å². The average molecular weight is 152 g/mol. The molecule has 1 aromatic rings. The van der Waals surface area contributed by atoms with Gasteiger partial charge in [0.05, 0.1) is 0 Å². The summed E-state index contributed by atoms with van der Waals surface area (Å²) in [4.78, 5) is 3.99. The summed E-state index contributed by atoms with van der Waals surface area (Å²) < 4.78 is 5.33. The van der Waals surface area contributed by atoms with Crippen LogP contribution < -0.4 is 10.5 Å². The van der Waals surface area contributed by atoms with E-state index < -0.39 is 0 Å². The van der Waals surface area contributed by atoms with E-state index in [0.717, 1.165) is 0 Å². The highest BCUT2D eigenvalue weighted by molar-refractivity contribution is 5.09. The number of hydrogen-bond acceptors (Lipinski definition) is 3. The zero-order valence-electron chi connectivity index (χ0n) is 6.53. The topological polar surface area (TPSA) is 48.1 Å². The minimum Gasteiger partial charge on any atom is -0.473 e. The second-order valence-corrected chi connectivity index (χ2v) is 2.33. The van der Waals surface area contributed by atoms with Gasteiger partial charge in [-0.1, -0.05) is 6.07 Å². The molecule has 2 N–H and O–H groups in total. The number of nitrogens with two attached hydrogens (primary N) is 1. The maximum Gasteiger partial charge on any atom is 0.213 e. The van der Waals surface area contributed by atoms with Crippen LogP contribution in [-0.4, -0.2) is 17.6 Å². The third-order valence-electron chi connectivity index (χ3n) is 1.29. The van der Waals surface area contributed by atoms with Crippen molar-refractivity contribution in [1.29, 1.82) is 0 Å². The van der Waals surface area contributed by atoms with Crippen molar-refractivity contribution in [3.63, 3.8) is 0 Å². The molecule has 0 spiro atoms. The lowest BCUT2D eigenvalue weighted by Crippen LogP contribution is -2.23. The van der Waals surface area contributed by atoms with Crippen molar-refractivity contribution in [3.8, 4) is 5.88 Å². The van der Waals surface area contributed by atoms with Gasteiger partial charge in [0, 0.05) is 18.8 Å². The van der Waals surface area contributed by atoms with Crippen LogP contribution in [-0.2, 0) is 0 Å². The molecule has 0 aliphatic carbocycles. The average Bonchev–Trinajstić information content (AvgIpc) is 2.06. The van der Waals surface area contributed by atoms with Gasteiger partial charge in [0.2, 0.25) is 5.88 Å². The molecule has 0 radical (unpaired) electrons. The molecule has 0 bridgehead atoms. The summed E-state index contributed by atoms with van der Waals surface area (Å²) in [6.45, 7) is 2.42. The standard InChI is InChI=1S/C8H12N2O/c1-7(6-9)11-8-4-2-3-5-10-8/h2-5,7H,6,9H2,1H3. The van der Waals surface area contributed by atoms with E-state index in [1.807, 2.05) is 25.1 Å². The van der Waals surface area contributed by atoms with Crippen LogP contribution in [0.4, 0.5) is 0 Å². The molecule has 11 heavy (non-hydrogen) atoms. The van der Waals surface area contributed by atoms with Crippen LogP contribution in [0.5, 0.6) is 5.88 Å². The van der Waals surface area contributed by atoms with Crippen LogP contribution in [0.1, 0.15) is 6.92 Å². The Kier molecular flexibility index (Phi) is 2.86. The summed E-state index contributed by atoms with van der Waals surface area (Å²) in [6.07, 6.45) is 1.73. The maximum absolute atomic E-state index is 5.37. The number of ether oxygens (including phenoxy) is 1. The van der Waals surface area contributed by atoms with E-state index in [0.29, 0.717) is 12.4 Å². The fraction of sp³-hybridized carbons (Fsp3) is 0.375. The first-order valence-corrected chi connectivity index (χ1v) is 3.60. The van der Waals surface area contributed by atoms with Crippen LogP contribution >= 0.6 is 0 Å². The zero-order valence-corrected chi connectivity index (χ0v) is 6.53. The molecule has 0 saturated heterocycles. The van der Waals surface area contributed by atoms with Crippen molar-refractivity contribution in [1.82, 2.24) is 4.98 Å². The van der Waals surface area contributed by atoms with E-state index in [4.69, 9.17) is 10.5 Å². The van der Waals surface area contributed by atoms with E-state index in [9.17, 15) is 0 Å². The summed E-state index contributed by atoms with van der Waals surface area (Å²) in [5.74, 6) is 0.630. The largest absolute Gasteiger partial charge is 0.473 e. The Morgan fingerprint density at radius 3 is 3.00 bits per heavy atom. The normalized spacial score (nSPS) is 12.5. The molecule has 1 heterocycles. The van der Waals surface area contributed by atoms with Crippen molar-refractivity contribution in [3.05, 3.63) is 24.4 Å². The van der Waals surface area contributed by atoms with Crippen LogP contribution in [0, 0.1) is 0 Å². The minimum atomic E-state index is 0.0323. The van der Waals surface area contributed by atoms with Crippen molar-refractivity contribution in [2.75, 3.05) is 6.54 Å². The Bertz CT molecular complexity index is 201. The van der Waals surface area contributed by atoms with Crippen molar-refractivity contribution < 1.29 is 4.74 Å². The van der Waals surface area contributed by atoms with Gasteiger partial charge < -0.3 is 10.5 Å². The van der Waals surface area contributed by atoms with Crippen LogP contribution in [0.3, 0.4) is 0 Å². The second kappa shape index (κ2) is 3.93. The first kappa shape index (κ1) is 8.01. The molecule has 1 atom stereocenters. The Morgan fingerprint density at radius 2 is 2.45 bits per heavy atom. The maximum atomic E-state index is 5.37. The smallest absolute Gasteiger partial charge is 0.213 e. The van der Waals surface area contributed by atoms with Crippen LogP contribution in [0.25, 0.3) is 0 Å². The molecule has 0 saturated carbocycles. The lowest BCUT2D eigenvalue weighted by Gasteiger charge is -2.10. The number of aromatic nitrogens is 1. The number of hydrogen-bond donors (Lipinski definition) is 1. The highest BCUT2D eigenvalue weighted by Crippen LogP contribution is 2.04. The zero-order chi connectivity index (χ0) is 8.10. The van der Waals surface area contributed by atoms with Crippen LogP contribution in [0.15, 0.2) is 24.4 Å². The Hall–Kier alpha value is -1.09. The second-order valence-electron chi connectivity index (χ2n) is 2.33. The Morgan fingerprint density at radius 1 is 1.64 bits per heavy atom. The van der Waals surface area contributed by atoms with Gasteiger partial charge in [0.1, 0.15) is 6.10 Å². The molecular weight excluding hydrogens is 140 g/mol. The Labute approximate surface area is 66.2 Å². The summed E-state index contributed by atoms with van der Waals surface area (Å²) in [7, 11) is 0. The molecule has 0 fully saturated rings. The van der Waals surface area contributed by atoms with Gasteiger partial charge in [0.15, 0.2) is 0 Å². The SMILES string of the molecule is CC(CN)Oc1ccccn1. The van der Waals surface area contributed by atoms with E-state index in [1.165, 1.54) is 0 Å². The van der Waals surface area contributed by atoms with Gasteiger partial charge in [0.25, 0.3) is 0 Å². The van der Waals surface area contributed by atoms with Gasteiger partial charge in [-0.3, -0.25) is 0 Å². The van der Waals surface area contributed by atoms with Crippen molar-refractivity contribution in [2.45, 2.75) is 13.0 Å². The summed E-state index contributed by atoms with van der Waals surface area (Å²) in [5.41, 5.74) is 5.37. The molecule has 0 aromatic carbocycles. The highest BCUT2D eigenvalue weighted by Gasteiger charge is 1.99. The summed E-state index contributed by atoms with van der Waals surface area (Å²) >= 11 is 0. The number of rotatable bonds is 3. The fourth-order valence-electron chi connectivity index (χ4n) is 0.671. The van der Waals surface area contributed by atoms with E-state index in [-0.39, 0.29) is 6.10 Å². The van der Waals surface area contributed by atoms with E-state index in [2.05, 4.69) is 4.98 Å². The van der Waals surface area contributed by atoms with Gasteiger partial charge in [-0.25, -0.2) is 4.98 Å². The van der Waals surface area contributed by atoms with E-state index in [1.54, 1.807) is 6.20 Å². The molecule has 1 rings (SSSR count). The van der Waals surface area contributed by atoms with Gasteiger partial charge in [-0.15, -0.1) is 0 Å². The summed E-state index contributed by atoms with van der Waals surface area (Å²) in [6, 6.07) is 5.54. The quantitative estimate of drug-likeness (QED) is 0.697. The molecule has 0 aliphatic heterocycles. The third-order valence-corrected chi connectivity index (χ3v) is 1.29.